The maximum absolute atomic E-state index is 13.6. The van der Waals surface area contributed by atoms with E-state index in [-0.39, 0.29) is 16.8 Å². The van der Waals surface area contributed by atoms with Crippen LogP contribution in [-0.4, -0.2) is 58.5 Å². The zero-order valence-electron chi connectivity index (χ0n) is 15.2. The maximum Gasteiger partial charge on any atom is 0.254 e. The average molecular weight is 403 g/mol. The molecule has 1 aliphatic carbocycles. The molecule has 0 unspecified atom stereocenters. The van der Waals surface area contributed by atoms with Gasteiger partial charge in [0.2, 0.25) is 0 Å². The molecule has 2 amide bonds. The van der Waals surface area contributed by atoms with E-state index in [2.05, 4.69) is 0 Å². The molecule has 5 nitrogen and oxygen atoms in total. The number of hydrogen-bond donors (Lipinski definition) is 1. The average Bonchev–Trinajstić information content (AvgIpc) is 3.48. The van der Waals surface area contributed by atoms with Crippen LogP contribution in [-0.2, 0) is 4.79 Å². The number of hydrogen-bond acceptors (Lipinski definition) is 3. The van der Waals surface area contributed by atoms with Gasteiger partial charge in [-0.25, -0.2) is 4.39 Å². The summed E-state index contributed by atoms with van der Waals surface area (Å²) >= 11 is 5.72. The van der Waals surface area contributed by atoms with Crippen molar-refractivity contribution in [1.82, 2.24) is 9.80 Å². The fourth-order valence-corrected chi connectivity index (χ4v) is 3.52. The lowest BCUT2D eigenvalue weighted by Crippen LogP contribution is -2.53. The highest BCUT2D eigenvalue weighted by atomic mass is 35.5. The van der Waals surface area contributed by atoms with Crippen LogP contribution in [0.4, 0.5) is 4.39 Å². The maximum atomic E-state index is 13.6. The Morgan fingerprint density at radius 3 is 2.07 bits per heavy atom. The molecule has 0 spiro atoms. The number of piperazine rings is 1. The molecule has 0 aromatic heterocycles. The number of aliphatic hydroxyl groups is 1. The second kappa shape index (κ2) is 7.18. The smallest absolute Gasteiger partial charge is 0.254 e. The van der Waals surface area contributed by atoms with Crippen LogP contribution < -0.4 is 0 Å². The van der Waals surface area contributed by atoms with E-state index in [4.69, 9.17) is 11.6 Å². The molecule has 0 bridgehead atoms. The first-order valence-corrected chi connectivity index (χ1v) is 9.62. The lowest BCUT2D eigenvalue weighted by Gasteiger charge is -2.35. The number of benzene rings is 2. The van der Waals surface area contributed by atoms with Crippen LogP contribution in [0.25, 0.3) is 11.1 Å². The molecule has 28 heavy (non-hydrogen) atoms. The van der Waals surface area contributed by atoms with Gasteiger partial charge in [-0.05, 0) is 48.2 Å². The Labute approximate surface area is 167 Å². The minimum absolute atomic E-state index is 0.0713. The van der Waals surface area contributed by atoms with Gasteiger partial charge in [-0.15, -0.1) is 0 Å². The van der Waals surface area contributed by atoms with Crippen molar-refractivity contribution in [1.29, 1.82) is 0 Å². The zero-order chi connectivity index (χ0) is 19.9. The van der Waals surface area contributed by atoms with Crippen molar-refractivity contribution in [2.24, 2.45) is 0 Å². The van der Waals surface area contributed by atoms with Gasteiger partial charge >= 0.3 is 0 Å². The third kappa shape index (κ3) is 3.62. The Balaban J connectivity index is 1.40. The summed E-state index contributed by atoms with van der Waals surface area (Å²) in [7, 11) is 0. The number of nitrogens with zero attached hydrogens (tertiary/aromatic N) is 2. The predicted octanol–water partition coefficient (Wildman–Crippen LogP) is 2.96. The van der Waals surface area contributed by atoms with Gasteiger partial charge in [-0.1, -0.05) is 29.8 Å². The van der Waals surface area contributed by atoms with Crippen LogP contribution in [0.5, 0.6) is 0 Å². The summed E-state index contributed by atoms with van der Waals surface area (Å²) in [5.41, 5.74) is 0.855. The summed E-state index contributed by atoms with van der Waals surface area (Å²) < 4.78 is 13.6. The van der Waals surface area contributed by atoms with E-state index < -0.39 is 11.4 Å². The van der Waals surface area contributed by atoms with Crippen LogP contribution in [0.1, 0.15) is 23.2 Å². The van der Waals surface area contributed by atoms with Crippen molar-refractivity contribution in [3.8, 4) is 11.1 Å². The van der Waals surface area contributed by atoms with Crippen molar-refractivity contribution in [2.75, 3.05) is 26.2 Å². The summed E-state index contributed by atoms with van der Waals surface area (Å²) in [5, 5.41) is 10.0. The first kappa shape index (κ1) is 18.9. The minimum atomic E-state index is -1.16. The minimum Gasteiger partial charge on any atom is -0.380 e. The largest absolute Gasteiger partial charge is 0.380 e. The van der Waals surface area contributed by atoms with Gasteiger partial charge in [0.05, 0.1) is 5.02 Å². The molecule has 1 aliphatic heterocycles. The van der Waals surface area contributed by atoms with E-state index in [9.17, 15) is 19.1 Å². The molecule has 146 valence electrons. The van der Waals surface area contributed by atoms with Gasteiger partial charge in [0.1, 0.15) is 11.4 Å². The van der Waals surface area contributed by atoms with Crippen molar-refractivity contribution >= 4 is 23.4 Å². The lowest BCUT2D eigenvalue weighted by molar-refractivity contribution is -0.143. The van der Waals surface area contributed by atoms with Crippen molar-refractivity contribution in [2.45, 2.75) is 18.4 Å². The normalized spacial score (nSPS) is 18.1. The number of amides is 2. The van der Waals surface area contributed by atoms with Gasteiger partial charge in [0, 0.05) is 31.7 Å². The zero-order valence-corrected chi connectivity index (χ0v) is 16.0. The Kier molecular flexibility index (Phi) is 4.85. The van der Waals surface area contributed by atoms with Crippen molar-refractivity contribution < 1.29 is 19.1 Å². The monoisotopic (exact) mass is 402 g/mol. The topological polar surface area (TPSA) is 60.9 Å². The molecule has 1 N–H and O–H groups in total. The quantitative estimate of drug-likeness (QED) is 0.858. The molecule has 1 heterocycles. The summed E-state index contributed by atoms with van der Waals surface area (Å²) in [6.45, 7) is 1.72. The fourth-order valence-electron chi connectivity index (χ4n) is 3.40. The van der Waals surface area contributed by atoms with Gasteiger partial charge < -0.3 is 14.9 Å². The van der Waals surface area contributed by atoms with Gasteiger partial charge in [-0.2, -0.15) is 0 Å². The van der Waals surface area contributed by atoms with Crippen LogP contribution in [0.3, 0.4) is 0 Å². The highest BCUT2D eigenvalue weighted by Crippen LogP contribution is 2.37. The summed E-state index contributed by atoms with van der Waals surface area (Å²) in [6, 6.07) is 11.6. The Bertz CT molecular complexity index is 920. The van der Waals surface area contributed by atoms with Crippen LogP contribution in [0.2, 0.25) is 5.02 Å². The van der Waals surface area contributed by atoms with E-state index in [1.807, 2.05) is 0 Å². The van der Waals surface area contributed by atoms with Crippen LogP contribution >= 0.6 is 11.6 Å². The second-order valence-corrected chi connectivity index (χ2v) is 7.73. The third-order valence-corrected chi connectivity index (χ3v) is 5.67. The van der Waals surface area contributed by atoms with E-state index in [1.54, 1.807) is 40.1 Å². The number of carbonyl (C=O) groups excluding carboxylic acids is 2. The Hall–Kier alpha value is -2.44. The molecule has 4 rings (SSSR count). The highest BCUT2D eigenvalue weighted by molar-refractivity contribution is 6.30. The fraction of sp³-hybridized carbons (Fsp3) is 0.333. The van der Waals surface area contributed by atoms with E-state index >= 15 is 0 Å². The molecular weight excluding hydrogens is 383 g/mol. The standard InChI is InChI=1S/C21H20ClFN2O3/c22-17-6-5-16(13-18(17)23)14-1-3-15(4-2-14)19(26)24-9-11-25(12-10-24)20(27)21(28)7-8-21/h1-6,13,28H,7-12H2. The van der Waals surface area contributed by atoms with Crippen molar-refractivity contribution in [3.63, 3.8) is 0 Å². The molecule has 2 aromatic carbocycles. The molecular formula is C21H20ClFN2O3. The predicted molar refractivity (Wildman–Crippen MR) is 104 cm³/mol. The molecule has 7 heteroatoms. The SMILES string of the molecule is O=C(c1ccc(-c2ccc(Cl)c(F)c2)cc1)N1CCN(C(=O)C2(O)CC2)CC1. The summed E-state index contributed by atoms with van der Waals surface area (Å²) in [6.07, 6.45) is 1.05. The molecule has 2 aromatic rings. The van der Waals surface area contributed by atoms with Crippen molar-refractivity contribution in [3.05, 3.63) is 58.9 Å². The Morgan fingerprint density at radius 1 is 0.929 bits per heavy atom. The molecule has 2 aliphatic rings. The number of carbonyl (C=O) groups is 2. The number of rotatable bonds is 3. The Morgan fingerprint density at radius 2 is 1.50 bits per heavy atom. The van der Waals surface area contributed by atoms with Gasteiger partial charge in [-0.3, -0.25) is 9.59 Å². The molecule has 1 saturated heterocycles. The van der Waals surface area contributed by atoms with Gasteiger partial charge in [0.15, 0.2) is 0 Å². The second-order valence-electron chi connectivity index (χ2n) is 7.32. The molecule has 2 fully saturated rings. The molecule has 0 radical (unpaired) electrons. The molecule has 0 atom stereocenters. The lowest BCUT2D eigenvalue weighted by atomic mass is 10.0. The van der Waals surface area contributed by atoms with Gasteiger partial charge in [0.25, 0.3) is 11.8 Å². The first-order valence-electron chi connectivity index (χ1n) is 9.24. The number of halogens is 2. The highest BCUT2D eigenvalue weighted by Gasteiger charge is 2.50. The summed E-state index contributed by atoms with van der Waals surface area (Å²) in [5.74, 6) is -0.812. The first-order chi connectivity index (χ1) is 13.4. The van der Waals surface area contributed by atoms with E-state index in [0.717, 1.165) is 5.56 Å². The van der Waals surface area contributed by atoms with E-state index in [1.165, 1.54) is 12.1 Å². The summed E-state index contributed by atoms with van der Waals surface area (Å²) in [4.78, 5) is 28.3. The third-order valence-electron chi connectivity index (χ3n) is 5.36. The van der Waals surface area contributed by atoms with Crippen LogP contribution in [0.15, 0.2) is 42.5 Å². The van der Waals surface area contributed by atoms with E-state index in [0.29, 0.717) is 50.1 Å². The van der Waals surface area contributed by atoms with Crippen LogP contribution in [0, 0.1) is 5.82 Å². The molecule has 1 saturated carbocycles.